The monoisotopic (exact) mass is 351 g/mol. The van der Waals surface area contributed by atoms with Crippen molar-refractivity contribution < 1.29 is 18.3 Å². The van der Waals surface area contributed by atoms with Gasteiger partial charge >= 0.3 is 5.97 Å². The van der Waals surface area contributed by atoms with Crippen molar-refractivity contribution in [2.45, 2.75) is 30.2 Å². The molecule has 0 radical (unpaired) electrons. The molecular formula is C16H21N3O4S. The van der Waals surface area contributed by atoms with Gasteiger partial charge in [0.25, 0.3) is 0 Å². The third-order valence-electron chi connectivity index (χ3n) is 3.76. The molecular weight excluding hydrogens is 330 g/mol. The molecule has 1 atom stereocenters. The van der Waals surface area contributed by atoms with E-state index in [4.69, 9.17) is 16.6 Å². The second-order valence-electron chi connectivity index (χ2n) is 5.54. The van der Waals surface area contributed by atoms with Gasteiger partial charge in [0, 0.05) is 23.0 Å². The number of nitrogens with two attached hydrogens (primary N) is 2. The van der Waals surface area contributed by atoms with E-state index in [0.717, 1.165) is 0 Å². The second-order valence-corrected chi connectivity index (χ2v) is 7.27. The Morgan fingerprint density at radius 2 is 1.79 bits per heavy atom. The van der Waals surface area contributed by atoms with Crippen molar-refractivity contribution in [2.24, 2.45) is 5.73 Å². The van der Waals surface area contributed by atoms with E-state index in [2.05, 4.69) is 4.72 Å². The first-order chi connectivity index (χ1) is 11.3. The van der Waals surface area contributed by atoms with Crippen LogP contribution in [0.4, 0.5) is 5.69 Å². The molecule has 0 unspecified atom stereocenters. The lowest BCUT2D eigenvalue weighted by Gasteiger charge is -2.11. The standard InChI is InChI=1S/C16H21N3O4S/c17-13-8-9-15(12-6-2-1-5-11(12)13)24(22,23)19-10-4-3-7-14(18)16(20)21/h1-2,5-6,8-9,14,19H,3-4,7,10,17-18H2,(H,20,21)/t14-/m1/s1. The fourth-order valence-electron chi connectivity index (χ4n) is 2.43. The third-order valence-corrected chi connectivity index (χ3v) is 5.28. The molecule has 130 valence electrons. The molecule has 0 bridgehead atoms. The van der Waals surface area contributed by atoms with Gasteiger partial charge in [-0.25, -0.2) is 13.1 Å². The van der Waals surface area contributed by atoms with E-state index in [9.17, 15) is 13.2 Å². The highest BCUT2D eigenvalue weighted by atomic mass is 32.2. The fourth-order valence-corrected chi connectivity index (χ4v) is 3.71. The van der Waals surface area contributed by atoms with E-state index in [1.165, 1.54) is 6.07 Å². The molecule has 0 aliphatic rings. The summed E-state index contributed by atoms with van der Waals surface area (Å²) in [5, 5.41) is 9.95. The van der Waals surface area contributed by atoms with Crippen molar-refractivity contribution >= 4 is 32.5 Å². The van der Waals surface area contributed by atoms with Gasteiger partial charge in [-0.3, -0.25) is 4.79 Å². The van der Waals surface area contributed by atoms with Gasteiger partial charge in [0.05, 0.1) is 4.90 Å². The number of hydrogen-bond donors (Lipinski definition) is 4. The van der Waals surface area contributed by atoms with E-state index < -0.39 is 22.0 Å². The molecule has 0 saturated carbocycles. The first-order valence-corrected chi connectivity index (χ1v) is 9.06. The van der Waals surface area contributed by atoms with Crippen molar-refractivity contribution in [3.63, 3.8) is 0 Å². The van der Waals surface area contributed by atoms with Crippen LogP contribution in [0.2, 0.25) is 0 Å². The fraction of sp³-hybridized carbons (Fsp3) is 0.312. The maximum atomic E-state index is 12.5. The Balaban J connectivity index is 2.04. The Morgan fingerprint density at radius 1 is 1.12 bits per heavy atom. The molecule has 0 amide bonds. The Labute approximate surface area is 140 Å². The van der Waals surface area contributed by atoms with Gasteiger partial charge in [0.15, 0.2) is 0 Å². The van der Waals surface area contributed by atoms with Crippen LogP contribution >= 0.6 is 0 Å². The average molecular weight is 351 g/mol. The van der Waals surface area contributed by atoms with E-state index in [-0.39, 0.29) is 11.4 Å². The molecule has 0 aromatic heterocycles. The number of carbonyl (C=O) groups is 1. The molecule has 2 aromatic carbocycles. The van der Waals surface area contributed by atoms with Gasteiger partial charge in [-0.05, 0) is 25.0 Å². The van der Waals surface area contributed by atoms with Crippen LogP contribution in [0.1, 0.15) is 19.3 Å². The summed E-state index contributed by atoms with van der Waals surface area (Å²) in [7, 11) is -3.67. The van der Waals surface area contributed by atoms with Gasteiger partial charge in [-0.2, -0.15) is 0 Å². The van der Waals surface area contributed by atoms with E-state index in [0.29, 0.717) is 35.7 Å². The summed E-state index contributed by atoms with van der Waals surface area (Å²) < 4.78 is 27.5. The number of rotatable bonds is 8. The average Bonchev–Trinajstić information content (AvgIpc) is 2.54. The number of aliphatic carboxylic acids is 1. The highest BCUT2D eigenvalue weighted by Crippen LogP contribution is 2.27. The number of carboxylic acids is 1. The van der Waals surface area contributed by atoms with Gasteiger partial charge in [0.2, 0.25) is 10.0 Å². The summed E-state index contributed by atoms with van der Waals surface area (Å²) in [4.78, 5) is 10.8. The van der Waals surface area contributed by atoms with Gasteiger partial charge in [0.1, 0.15) is 6.04 Å². The number of sulfonamides is 1. The third kappa shape index (κ3) is 4.22. The van der Waals surface area contributed by atoms with Gasteiger partial charge in [-0.1, -0.05) is 30.7 Å². The van der Waals surface area contributed by atoms with Gasteiger partial charge < -0.3 is 16.6 Å². The summed E-state index contributed by atoms with van der Waals surface area (Å²) >= 11 is 0. The summed E-state index contributed by atoms with van der Waals surface area (Å²) in [6, 6.07) is 9.19. The van der Waals surface area contributed by atoms with Crippen LogP contribution in [0.3, 0.4) is 0 Å². The quantitative estimate of drug-likeness (QED) is 0.418. The van der Waals surface area contributed by atoms with Crippen molar-refractivity contribution in [1.82, 2.24) is 4.72 Å². The molecule has 8 heteroatoms. The van der Waals surface area contributed by atoms with Crippen LogP contribution in [0.5, 0.6) is 0 Å². The number of nitrogen functional groups attached to an aromatic ring is 1. The maximum absolute atomic E-state index is 12.5. The highest BCUT2D eigenvalue weighted by molar-refractivity contribution is 7.89. The zero-order chi connectivity index (χ0) is 17.7. The minimum absolute atomic E-state index is 0.175. The minimum atomic E-state index is -3.67. The van der Waals surface area contributed by atoms with E-state index >= 15 is 0 Å². The SMILES string of the molecule is Nc1ccc(S(=O)(=O)NCCCC[C@@H](N)C(=O)O)c2ccccc12. The molecule has 0 heterocycles. The second kappa shape index (κ2) is 7.61. The molecule has 0 aliphatic heterocycles. The smallest absolute Gasteiger partial charge is 0.320 e. The Kier molecular flexibility index (Phi) is 5.76. The Morgan fingerprint density at radius 3 is 2.46 bits per heavy atom. The van der Waals surface area contributed by atoms with Crippen molar-refractivity contribution in [1.29, 1.82) is 0 Å². The lowest BCUT2D eigenvalue weighted by molar-refractivity contribution is -0.138. The summed E-state index contributed by atoms with van der Waals surface area (Å²) in [6.45, 7) is 0.216. The minimum Gasteiger partial charge on any atom is -0.480 e. The first kappa shape index (κ1) is 18.2. The Bertz CT molecular complexity index is 836. The zero-order valence-corrected chi connectivity index (χ0v) is 13.9. The van der Waals surface area contributed by atoms with Crippen LogP contribution in [-0.4, -0.2) is 32.1 Å². The van der Waals surface area contributed by atoms with Crippen LogP contribution in [0.25, 0.3) is 10.8 Å². The topological polar surface area (TPSA) is 136 Å². The summed E-state index contributed by atoms with van der Waals surface area (Å²) in [5.74, 6) is -1.05. The molecule has 2 aromatic rings. The largest absolute Gasteiger partial charge is 0.480 e. The summed E-state index contributed by atoms with van der Waals surface area (Å²) in [6.07, 6.45) is 1.34. The van der Waals surface area contributed by atoms with Crippen LogP contribution in [-0.2, 0) is 14.8 Å². The highest BCUT2D eigenvalue weighted by Gasteiger charge is 2.18. The van der Waals surface area contributed by atoms with Crippen LogP contribution in [0.15, 0.2) is 41.3 Å². The maximum Gasteiger partial charge on any atom is 0.320 e. The first-order valence-electron chi connectivity index (χ1n) is 7.58. The molecule has 7 nitrogen and oxygen atoms in total. The van der Waals surface area contributed by atoms with Crippen molar-refractivity contribution in [3.05, 3.63) is 36.4 Å². The molecule has 0 aliphatic carbocycles. The number of hydrogen-bond acceptors (Lipinski definition) is 5. The van der Waals surface area contributed by atoms with Gasteiger partial charge in [-0.15, -0.1) is 0 Å². The predicted octanol–water partition coefficient (Wildman–Crippen LogP) is 1.28. The van der Waals surface area contributed by atoms with Crippen molar-refractivity contribution in [2.75, 3.05) is 12.3 Å². The Hall–Kier alpha value is -2.16. The molecule has 24 heavy (non-hydrogen) atoms. The predicted molar refractivity (Wildman–Crippen MR) is 93.0 cm³/mol. The lowest BCUT2D eigenvalue weighted by atomic mass is 10.1. The van der Waals surface area contributed by atoms with Crippen molar-refractivity contribution in [3.8, 4) is 0 Å². The van der Waals surface area contributed by atoms with Crippen LogP contribution in [0, 0.1) is 0 Å². The lowest BCUT2D eigenvalue weighted by Crippen LogP contribution is -2.30. The molecule has 2 rings (SSSR count). The van der Waals surface area contributed by atoms with E-state index in [1.807, 2.05) is 0 Å². The summed E-state index contributed by atoms with van der Waals surface area (Å²) in [5.41, 5.74) is 11.8. The molecule has 6 N–H and O–H groups in total. The number of carboxylic acid groups (broad SMARTS) is 1. The molecule has 0 fully saturated rings. The number of anilines is 1. The number of fused-ring (bicyclic) bond motifs is 1. The molecule has 0 saturated heterocycles. The number of unbranched alkanes of at least 4 members (excludes halogenated alkanes) is 1. The number of nitrogens with one attached hydrogen (secondary N) is 1. The zero-order valence-electron chi connectivity index (χ0n) is 13.1. The molecule has 0 spiro atoms. The van der Waals surface area contributed by atoms with E-state index in [1.54, 1.807) is 30.3 Å². The normalized spacial score (nSPS) is 13.0. The number of benzene rings is 2. The van der Waals surface area contributed by atoms with Crippen LogP contribution < -0.4 is 16.2 Å².